The number of morpholine rings is 1. The molecule has 4 heterocycles. The number of imidazole rings is 1. The van der Waals surface area contributed by atoms with Gasteiger partial charge in [0.2, 0.25) is 0 Å². The number of pyridine rings is 1. The lowest BCUT2D eigenvalue weighted by atomic mass is 10.1. The molecule has 2 amide bonds. The maximum atomic E-state index is 13.3. The fourth-order valence-corrected chi connectivity index (χ4v) is 5.09. The van der Waals surface area contributed by atoms with Crippen LogP contribution in [0.15, 0.2) is 29.0 Å². The molecule has 2 aliphatic rings. The van der Waals surface area contributed by atoms with Gasteiger partial charge < -0.3 is 24.8 Å². The molecule has 0 bridgehead atoms. The van der Waals surface area contributed by atoms with Crippen molar-refractivity contribution < 1.29 is 19.2 Å². The van der Waals surface area contributed by atoms with Crippen molar-refractivity contribution >= 4 is 50.2 Å². The summed E-state index contributed by atoms with van der Waals surface area (Å²) in [7, 11) is 0. The van der Waals surface area contributed by atoms with Crippen LogP contribution in [0, 0.1) is 17.0 Å². The van der Waals surface area contributed by atoms with Crippen LogP contribution in [-0.4, -0.2) is 86.9 Å². The highest BCUT2D eigenvalue weighted by atomic mass is 79.9. The molecule has 3 aromatic rings. The van der Waals surface area contributed by atoms with E-state index in [2.05, 4.69) is 36.2 Å². The number of nitrogens with zero attached hydrogens (tertiary/aromatic N) is 5. The van der Waals surface area contributed by atoms with E-state index in [9.17, 15) is 19.7 Å². The Balaban J connectivity index is 1.40. The van der Waals surface area contributed by atoms with Gasteiger partial charge in [-0.05, 0) is 19.4 Å². The second kappa shape index (κ2) is 9.82. The summed E-state index contributed by atoms with van der Waals surface area (Å²) in [4.78, 5) is 53.0. The Hall–Kier alpha value is -3.58. The van der Waals surface area contributed by atoms with Gasteiger partial charge in [0, 0.05) is 49.0 Å². The Morgan fingerprint density at radius 2 is 1.92 bits per heavy atom. The van der Waals surface area contributed by atoms with E-state index in [0.29, 0.717) is 72.7 Å². The van der Waals surface area contributed by atoms with Crippen LogP contribution in [0.2, 0.25) is 0 Å². The second-order valence-corrected chi connectivity index (χ2v) is 9.71. The van der Waals surface area contributed by atoms with Gasteiger partial charge in [-0.3, -0.25) is 24.7 Å². The van der Waals surface area contributed by atoms with E-state index in [1.165, 1.54) is 12.3 Å². The molecule has 0 spiro atoms. The number of fused-ring (bicyclic) bond motifs is 1. The molecule has 0 radical (unpaired) electrons. The quantitative estimate of drug-likeness (QED) is 0.359. The Morgan fingerprint density at radius 3 is 2.67 bits per heavy atom. The van der Waals surface area contributed by atoms with Crippen LogP contribution in [-0.2, 0) is 4.74 Å². The Morgan fingerprint density at radius 1 is 1.17 bits per heavy atom. The second-order valence-electron chi connectivity index (χ2n) is 8.80. The van der Waals surface area contributed by atoms with Crippen LogP contribution in [0.3, 0.4) is 0 Å². The number of ether oxygens (including phenoxy) is 1. The fraction of sp³-hybridized carbons (Fsp3) is 0.391. The first-order valence-corrected chi connectivity index (χ1v) is 12.3. The Kier molecular flexibility index (Phi) is 6.58. The standard InChI is InChI=1S/C23H24BrN7O5/c1-13-26-18-11-25-10-17(20(18)27-13)23(33)30-3-2-15(12-30)28-21-16(8-14(24)9-19(21)31(34)35)22(32)29-4-6-36-7-5-29/h8-11,15,28H,2-7,12H2,1H3,(H,26,27). The van der Waals surface area contributed by atoms with Gasteiger partial charge in [-0.15, -0.1) is 0 Å². The third-order valence-electron chi connectivity index (χ3n) is 6.37. The van der Waals surface area contributed by atoms with Gasteiger partial charge in [0.15, 0.2) is 0 Å². The molecule has 1 unspecified atom stereocenters. The Labute approximate surface area is 214 Å². The number of carbonyl (C=O) groups excluding carboxylic acids is 2. The number of likely N-dealkylation sites (tertiary alicyclic amines) is 1. The first kappa shape index (κ1) is 24.1. The third kappa shape index (κ3) is 4.63. The normalized spacial score (nSPS) is 18.0. The predicted octanol–water partition coefficient (Wildman–Crippen LogP) is 2.74. The van der Waals surface area contributed by atoms with E-state index < -0.39 is 4.92 Å². The summed E-state index contributed by atoms with van der Waals surface area (Å²) in [5.41, 5.74) is 1.81. The highest BCUT2D eigenvalue weighted by molar-refractivity contribution is 9.10. The molecular formula is C23H24BrN7O5. The molecule has 0 aliphatic carbocycles. The van der Waals surface area contributed by atoms with Crippen molar-refractivity contribution in [2.75, 3.05) is 44.7 Å². The lowest BCUT2D eigenvalue weighted by Crippen LogP contribution is -2.41. The van der Waals surface area contributed by atoms with Crippen LogP contribution in [0.25, 0.3) is 11.0 Å². The molecule has 5 rings (SSSR count). The maximum absolute atomic E-state index is 13.3. The van der Waals surface area contributed by atoms with E-state index in [-0.39, 0.29) is 34.8 Å². The molecular weight excluding hydrogens is 534 g/mol. The highest BCUT2D eigenvalue weighted by Crippen LogP contribution is 2.35. The number of aromatic amines is 1. The summed E-state index contributed by atoms with van der Waals surface area (Å²) in [5, 5.41) is 15.1. The summed E-state index contributed by atoms with van der Waals surface area (Å²) in [6, 6.07) is 2.69. The van der Waals surface area contributed by atoms with Crippen molar-refractivity contribution in [2.24, 2.45) is 0 Å². The average Bonchev–Trinajstić information content (AvgIpc) is 3.50. The summed E-state index contributed by atoms with van der Waals surface area (Å²) in [5.74, 6) is 0.176. The number of amides is 2. The molecule has 12 nitrogen and oxygen atoms in total. The van der Waals surface area contributed by atoms with Gasteiger partial charge in [0.1, 0.15) is 17.0 Å². The van der Waals surface area contributed by atoms with Crippen LogP contribution in [0.4, 0.5) is 11.4 Å². The minimum absolute atomic E-state index is 0.158. The highest BCUT2D eigenvalue weighted by Gasteiger charge is 2.33. The van der Waals surface area contributed by atoms with E-state index in [4.69, 9.17) is 4.74 Å². The molecule has 0 saturated carbocycles. The first-order chi connectivity index (χ1) is 17.3. The molecule has 2 aromatic heterocycles. The number of aryl methyl sites for hydroxylation is 1. The fourth-order valence-electron chi connectivity index (χ4n) is 4.64. The topological polar surface area (TPSA) is 147 Å². The molecule has 36 heavy (non-hydrogen) atoms. The van der Waals surface area contributed by atoms with Gasteiger partial charge >= 0.3 is 0 Å². The lowest BCUT2D eigenvalue weighted by molar-refractivity contribution is -0.384. The molecule has 2 fully saturated rings. The number of benzene rings is 1. The van der Waals surface area contributed by atoms with E-state index in [1.54, 1.807) is 22.1 Å². The number of H-pyrrole nitrogens is 1. The minimum atomic E-state index is -0.507. The van der Waals surface area contributed by atoms with Gasteiger partial charge in [-0.2, -0.15) is 0 Å². The number of anilines is 1. The zero-order valence-electron chi connectivity index (χ0n) is 19.5. The zero-order chi connectivity index (χ0) is 25.4. The Bertz CT molecular complexity index is 1350. The zero-order valence-corrected chi connectivity index (χ0v) is 21.1. The van der Waals surface area contributed by atoms with Crippen molar-refractivity contribution in [3.8, 4) is 0 Å². The van der Waals surface area contributed by atoms with Crippen LogP contribution >= 0.6 is 15.9 Å². The molecule has 2 saturated heterocycles. The number of hydrogen-bond acceptors (Lipinski definition) is 8. The largest absolute Gasteiger partial charge is 0.378 e. The van der Waals surface area contributed by atoms with Crippen LogP contribution in [0.5, 0.6) is 0 Å². The molecule has 13 heteroatoms. The average molecular weight is 558 g/mol. The minimum Gasteiger partial charge on any atom is -0.378 e. The van der Waals surface area contributed by atoms with Crippen molar-refractivity contribution in [2.45, 2.75) is 19.4 Å². The SMILES string of the molecule is Cc1nc2c(C(=O)N3CCC(Nc4c(C(=O)N5CCOCC5)cc(Br)cc4[N+](=O)[O-])C3)cncc2[nH]1. The number of rotatable bonds is 5. The maximum Gasteiger partial charge on any atom is 0.294 e. The molecule has 2 aliphatic heterocycles. The number of hydrogen-bond donors (Lipinski definition) is 2. The smallest absolute Gasteiger partial charge is 0.294 e. The van der Waals surface area contributed by atoms with Crippen molar-refractivity contribution in [3.63, 3.8) is 0 Å². The number of nitro groups is 1. The van der Waals surface area contributed by atoms with Crippen molar-refractivity contribution in [3.05, 3.63) is 56.1 Å². The third-order valence-corrected chi connectivity index (χ3v) is 6.83. The number of halogens is 1. The molecule has 1 aromatic carbocycles. The summed E-state index contributed by atoms with van der Waals surface area (Å²) in [6.45, 7) is 4.24. The van der Waals surface area contributed by atoms with E-state index >= 15 is 0 Å². The van der Waals surface area contributed by atoms with E-state index in [0.717, 1.165) is 0 Å². The lowest BCUT2D eigenvalue weighted by Gasteiger charge is -2.28. The van der Waals surface area contributed by atoms with Crippen LogP contribution in [0.1, 0.15) is 33.0 Å². The van der Waals surface area contributed by atoms with Gasteiger partial charge in [-0.1, -0.05) is 15.9 Å². The molecule has 1 atom stereocenters. The van der Waals surface area contributed by atoms with Crippen molar-refractivity contribution in [1.29, 1.82) is 0 Å². The summed E-state index contributed by atoms with van der Waals surface area (Å²) < 4.78 is 5.77. The van der Waals surface area contributed by atoms with Crippen molar-refractivity contribution in [1.82, 2.24) is 24.8 Å². The number of nitrogens with one attached hydrogen (secondary N) is 2. The summed E-state index contributed by atoms with van der Waals surface area (Å²) in [6.07, 6.45) is 3.69. The van der Waals surface area contributed by atoms with E-state index in [1.807, 2.05) is 6.92 Å². The monoisotopic (exact) mass is 557 g/mol. The van der Waals surface area contributed by atoms with Gasteiger partial charge in [0.25, 0.3) is 17.5 Å². The number of aromatic nitrogens is 3. The number of carbonyl (C=O) groups is 2. The van der Waals surface area contributed by atoms with Crippen LogP contribution < -0.4 is 5.32 Å². The predicted molar refractivity (Wildman–Crippen MR) is 134 cm³/mol. The van der Waals surface area contributed by atoms with Gasteiger partial charge in [0.05, 0.1) is 41.0 Å². The molecule has 188 valence electrons. The van der Waals surface area contributed by atoms with Gasteiger partial charge in [-0.25, -0.2) is 4.98 Å². The molecule has 2 N–H and O–H groups in total. The first-order valence-electron chi connectivity index (χ1n) is 11.5. The number of nitro benzene ring substituents is 1. The summed E-state index contributed by atoms with van der Waals surface area (Å²) >= 11 is 3.30.